The molecule has 2 nitrogen and oxygen atoms in total. The number of halogens is 2. The summed E-state index contributed by atoms with van der Waals surface area (Å²) in [6.45, 7) is 3.95. The number of hydrogen-bond acceptors (Lipinski definition) is 3. The summed E-state index contributed by atoms with van der Waals surface area (Å²) >= 11 is 10.9. The van der Waals surface area contributed by atoms with Crippen LogP contribution in [0.25, 0.3) is 0 Å². The van der Waals surface area contributed by atoms with Crippen LogP contribution in [0.5, 0.6) is 5.75 Å². The first-order chi connectivity index (χ1) is 8.97. The van der Waals surface area contributed by atoms with Gasteiger partial charge in [-0.1, -0.05) is 27.5 Å². The summed E-state index contributed by atoms with van der Waals surface area (Å²) < 4.78 is 7.85. The highest BCUT2D eigenvalue weighted by atomic mass is 79.9. The molecule has 19 heavy (non-hydrogen) atoms. The van der Waals surface area contributed by atoms with Gasteiger partial charge < -0.3 is 10.5 Å². The number of ether oxygens (including phenoxy) is 1. The van der Waals surface area contributed by atoms with Gasteiger partial charge in [0, 0.05) is 15.4 Å². The van der Waals surface area contributed by atoms with Crippen molar-refractivity contribution in [2.24, 2.45) is 5.73 Å². The van der Waals surface area contributed by atoms with Gasteiger partial charge in [-0.3, -0.25) is 0 Å². The zero-order chi connectivity index (χ0) is 14.0. The van der Waals surface area contributed by atoms with Gasteiger partial charge >= 0.3 is 0 Å². The van der Waals surface area contributed by atoms with Gasteiger partial charge in [0.05, 0.1) is 4.34 Å². The van der Waals surface area contributed by atoms with Crippen LogP contribution in [0.3, 0.4) is 0 Å². The number of nitrogens with two attached hydrogens (primary N) is 1. The highest BCUT2D eigenvalue weighted by molar-refractivity contribution is 9.10. The molecule has 0 aliphatic rings. The van der Waals surface area contributed by atoms with Crippen LogP contribution in [0.4, 0.5) is 0 Å². The van der Waals surface area contributed by atoms with Gasteiger partial charge in [0.15, 0.2) is 0 Å². The van der Waals surface area contributed by atoms with Gasteiger partial charge in [0.25, 0.3) is 0 Å². The molecule has 0 fully saturated rings. The van der Waals surface area contributed by atoms with Crippen LogP contribution in [-0.2, 0) is 0 Å². The molecule has 0 saturated carbocycles. The predicted molar refractivity (Wildman–Crippen MR) is 85.2 cm³/mol. The van der Waals surface area contributed by atoms with Gasteiger partial charge in [-0.15, -0.1) is 11.3 Å². The lowest BCUT2D eigenvalue weighted by Crippen LogP contribution is -2.28. The molecule has 2 unspecified atom stereocenters. The molecule has 0 amide bonds. The summed E-state index contributed by atoms with van der Waals surface area (Å²) in [6, 6.07) is 9.66. The molecule has 1 aromatic carbocycles. The summed E-state index contributed by atoms with van der Waals surface area (Å²) in [7, 11) is 0. The van der Waals surface area contributed by atoms with E-state index in [0.717, 1.165) is 25.0 Å². The molecule has 0 radical (unpaired) electrons. The van der Waals surface area contributed by atoms with Crippen molar-refractivity contribution in [3.8, 4) is 5.75 Å². The monoisotopic (exact) mass is 359 g/mol. The summed E-state index contributed by atoms with van der Waals surface area (Å²) in [4.78, 5) is 1.04. The molecule has 0 bridgehead atoms. The third kappa shape index (κ3) is 3.72. The summed E-state index contributed by atoms with van der Waals surface area (Å²) in [5.41, 5.74) is 7.11. The van der Waals surface area contributed by atoms with E-state index in [-0.39, 0.29) is 12.1 Å². The van der Waals surface area contributed by atoms with Crippen molar-refractivity contribution >= 4 is 38.9 Å². The highest BCUT2D eigenvalue weighted by Crippen LogP contribution is 2.33. The molecular formula is C14H15BrClNOS. The average molecular weight is 361 g/mol. The van der Waals surface area contributed by atoms with E-state index in [1.54, 1.807) is 0 Å². The standard InChI is InChI=1S/C14H15BrClNOS/c1-8-7-10(15)3-4-11(8)18-14(9(2)17)12-5-6-13(16)19-12/h3-7,9,14H,17H2,1-2H3. The van der Waals surface area contributed by atoms with E-state index in [4.69, 9.17) is 22.1 Å². The predicted octanol–water partition coefficient (Wildman–Crippen LogP) is 4.94. The zero-order valence-corrected chi connectivity index (χ0v) is 13.8. The Balaban J connectivity index is 2.26. The van der Waals surface area contributed by atoms with Gasteiger partial charge in [-0.2, -0.15) is 0 Å². The first-order valence-corrected chi connectivity index (χ1v) is 7.89. The molecule has 2 atom stereocenters. The Kier molecular flexibility index (Phi) is 4.90. The van der Waals surface area contributed by atoms with Crippen LogP contribution in [0.2, 0.25) is 4.34 Å². The fourth-order valence-electron chi connectivity index (χ4n) is 1.79. The molecule has 0 spiro atoms. The number of benzene rings is 1. The Morgan fingerprint density at radius 2 is 2.05 bits per heavy atom. The Labute approximate surface area is 130 Å². The molecule has 0 aliphatic carbocycles. The van der Waals surface area contributed by atoms with Gasteiger partial charge in [0.1, 0.15) is 11.9 Å². The van der Waals surface area contributed by atoms with Gasteiger partial charge in [0.2, 0.25) is 0 Å². The third-order valence-corrected chi connectivity index (χ3v) is 4.53. The second-order valence-electron chi connectivity index (χ2n) is 4.45. The Bertz CT molecular complexity index is 570. The van der Waals surface area contributed by atoms with E-state index < -0.39 is 0 Å². The van der Waals surface area contributed by atoms with E-state index in [2.05, 4.69) is 15.9 Å². The van der Waals surface area contributed by atoms with E-state index >= 15 is 0 Å². The second kappa shape index (κ2) is 6.27. The first-order valence-electron chi connectivity index (χ1n) is 5.91. The average Bonchev–Trinajstić information content (AvgIpc) is 2.74. The summed E-state index contributed by atoms with van der Waals surface area (Å²) in [6.07, 6.45) is -0.183. The normalized spacial score (nSPS) is 14.2. The highest BCUT2D eigenvalue weighted by Gasteiger charge is 2.21. The van der Waals surface area contributed by atoms with Crippen molar-refractivity contribution in [1.82, 2.24) is 0 Å². The largest absolute Gasteiger partial charge is 0.483 e. The van der Waals surface area contributed by atoms with Crippen LogP contribution in [-0.4, -0.2) is 6.04 Å². The third-order valence-electron chi connectivity index (χ3n) is 2.74. The number of aryl methyl sites for hydroxylation is 1. The molecule has 2 N–H and O–H groups in total. The maximum Gasteiger partial charge on any atom is 0.148 e. The minimum absolute atomic E-state index is 0.113. The topological polar surface area (TPSA) is 35.2 Å². The van der Waals surface area contributed by atoms with E-state index in [9.17, 15) is 0 Å². The smallest absolute Gasteiger partial charge is 0.148 e. The molecule has 1 heterocycles. The van der Waals surface area contributed by atoms with Crippen LogP contribution < -0.4 is 10.5 Å². The van der Waals surface area contributed by atoms with E-state index in [1.165, 1.54) is 11.3 Å². The fourth-order valence-corrected chi connectivity index (χ4v) is 3.47. The van der Waals surface area contributed by atoms with Crippen molar-refractivity contribution in [3.63, 3.8) is 0 Å². The molecule has 0 saturated heterocycles. The van der Waals surface area contributed by atoms with E-state index in [1.807, 2.05) is 44.2 Å². The molecule has 5 heteroatoms. The number of hydrogen-bond donors (Lipinski definition) is 1. The van der Waals surface area contributed by atoms with Crippen molar-refractivity contribution in [2.45, 2.75) is 26.0 Å². The Morgan fingerprint density at radius 3 is 2.58 bits per heavy atom. The van der Waals surface area contributed by atoms with Crippen molar-refractivity contribution in [1.29, 1.82) is 0 Å². The SMILES string of the molecule is Cc1cc(Br)ccc1OC(c1ccc(Cl)s1)C(C)N. The lowest BCUT2D eigenvalue weighted by molar-refractivity contribution is 0.183. The lowest BCUT2D eigenvalue weighted by atomic mass is 10.1. The van der Waals surface area contributed by atoms with Crippen LogP contribution in [0, 0.1) is 6.92 Å². The second-order valence-corrected chi connectivity index (χ2v) is 7.11. The van der Waals surface area contributed by atoms with Crippen LogP contribution in [0.1, 0.15) is 23.5 Å². The minimum Gasteiger partial charge on any atom is -0.483 e. The Morgan fingerprint density at radius 1 is 1.32 bits per heavy atom. The van der Waals surface area contributed by atoms with Gasteiger partial charge in [-0.05, 0) is 49.7 Å². The molecule has 0 aliphatic heterocycles. The molecule has 2 aromatic rings. The zero-order valence-electron chi connectivity index (χ0n) is 10.7. The molecule has 1 aromatic heterocycles. The summed E-state index contributed by atoms with van der Waals surface area (Å²) in [5.74, 6) is 0.843. The first kappa shape index (κ1) is 14.9. The summed E-state index contributed by atoms with van der Waals surface area (Å²) in [5, 5.41) is 0. The molecule has 102 valence electrons. The maximum atomic E-state index is 6.07. The quantitative estimate of drug-likeness (QED) is 0.838. The minimum atomic E-state index is -0.183. The van der Waals surface area contributed by atoms with Crippen LogP contribution >= 0.6 is 38.9 Å². The van der Waals surface area contributed by atoms with Crippen LogP contribution in [0.15, 0.2) is 34.8 Å². The number of thiophene rings is 1. The van der Waals surface area contributed by atoms with Crippen molar-refractivity contribution in [3.05, 3.63) is 49.6 Å². The fraction of sp³-hybridized carbons (Fsp3) is 0.286. The number of rotatable bonds is 4. The van der Waals surface area contributed by atoms with Crippen molar-refractivity contribution < 1.29 is 4.74 Å². The molecular weight excluding hydrogens is 346 g/mol. The lowest BCUT2D eigenvalue weighted by Gasteiger charge is -2.22. The Hall–Kier alpha value is -0.550. The van der Waals surface area contributed by atoms with E-state index in [0.29, 0.717) is 0 Å². The maximum absolute atomic E-state index is 6.07. The van der Waals surface area contributed by atoms with Crippen molar-refractivity contribution in [2.75, 3.05) is 0 Å². The van der Waals surface area contributed by atoms with Gasteiger partial charge in [-0.25, -0.2) is 0 Å². The molecule has 2 rings (SSSR count).